The Morgan fingerprint density at radius 2 is 1.56 bits per heavy atom. The number of hydrogen-bond acceptors (Lipinski definition) is 1. The van der Waals surface area contributed by atoms with Crippen LogP contribution >= 0.6 is 11.8 Å². The second kappa shape index (κ2) is 4.75. The van der Waals surface area contributed by atoms with E-state index < -0.39 is 0 Å². The van der Waals surface area contributed by atoms with Crippen molar-refractivity contribution in [2.75, 3.05) is 0 Å². The molecule has 16 heavy (non-hydrogen) atoms. The Bertz CT molecular complexity index is 501. The summed E-state index contributed by atoms with van der Waals surface area (Å²) < 4.78 is 0. The summed E-state index contributed by atoms with van der Waals surface area (Å²) in [5.74, 6) is 0. The molecule has 2 aromatic rings. The van der Waals surface area contributed by atoms with E-state index in [-0.39, 0.29) is 0 Å². The molecule has 0 aromatic heterocycles. The van der Waals surface area contributed by atoms with Gasteiger partial charge >= 0.3 is 0 Å². The van der Waals surface area contributed by atoms with E-state index in [2.05, 4.69) is 63.2 Å². The van der Waals surface area contributed by atoms with Gasteiger partial charge in [0.2, 0.25) is 0 Å². The summed E-state index contributed by atoms with van der Waals surface area (Å²) in [5, 5.41) is 0. The molecule has 0 radical (unpaired) electrons. The summed E-state index contributed by atoms with van der Waals surface area (Å²) in [5.41, 5.74) is 3.98. The van der Waals surface area contributed by atoms with Crippen LogP contribution in [0.25, 0.3) is 0 Å². The first-order chi connectivity index (χ1) is 7.65. The molecule has 82 valence electrons. The van der Waals surface area contributed by atoms with Crippen LogP contribution in [0.2, 0.25) is 0 Å². The molecule has 0 fully saturated rings. The summed E-state index contributed by atoms with van der Waals surface area (Å²) in [6.07, 6.45) is 0. The fourth-order valence-electron chi connectivity index (χ4n) is 1.62. The van der Waals surface area contributed by atoms with Gasteiger partial charge in [0, 0.05) is 9.79 Å². The monoisotopic (exact) mass is 228 g/mol. The molecular formula is C15H16S. The second-order valence-electron chi connectivity index (χ2n) is 4.19. The fourth-order valence-corrected chi connectivity index (χ4v) is 2.74. The highest BCUT2D eigenvalue weighted by atomic mass is 32.2. The first-order valence-electron chi connectivity index (χ1n) is 5.47. The van der Waals surface area contributed by atoms with E-state index in [0.717, 1.165) is 0 Å². The molecule has 0 nitrogen and oxygen atoms in total. The molecular weight excluding hydrogens is 212 g/mol. The van der Waals surface area contributed by atoms with Crippen molar-refractivity contribution in [3.8, 4) is 0 Å². The third-order valence-electron chi connectivity index (χ3n) is 2.56. The summed E-state index contributed by atoms with van der Waals surface area (Å²) in [6.45, 7) is 6.43. The van der Waals surface area contributed by atoms with Crippen molar-refractivity contribution in [3.05, 3.63) is 59.2 Å². The van der Waals surface area contributed by atoms with Crippen LogP contribution in [0.5, 0.6) is 0 Å². The summed E-state index contributed by atoms with van der Waals surface area (Å²) in [7, 11) is 0. The van der Waals surface area contributed by atoms with E-state index in [4.69, 9.17) is 0 Å². The molecule has 0 aliphatic carbocycles. The van der Waals surface area contributed by atoms with Gasteiger partial charge in [0.1, 0.15) is 0 Å². The van der Waals surface area contributed by atoms with Crippen molar-refractivity contribution < 1.29 is 0 Å². The topological polar surface area (TPSA) is 0 Å². The zero-order chi connectivity index (χ0) is 11.5. The van der Waals surface area contributed by atoms with Crippen molar-refractivity contribution in [2.45, 2.75) is 30.6 Å². The van der Waals surface area contributed by atoms with Crippen LogP contribution in [0, 0.1) is 20.8 Å². The van der Waals surface area contributed by atoms with Crippen molar-refractivity contribution in [1.29, 1.82) is 0 Å². The van der Waals surface area contributed by atoms with Gasteiger partial charge in [-0.25, -0.2) is 0 Å². The number of benzene rings is 2. The molecule has 1 heteroatoms. The lowest BCUT2D eigenvalue weighted by molar-refractivity contribution is 1.25. The molecule has 0 N–H and O–H groups in total. The van der Waals surface area contributed by atoms with E-state index >= 15 is 0 Å². The highest BCUT2D eigenvalue weighted by Gasteiger charge is 2.01. The normalized spacial score (nSPS) is 10.4. The molecule has 0 atom stereocenters. The van der Waals surface area contributed by atoms with E-state index in [1.54, 1.807) is 0 Å². The standard InChI is InChI=1S/C15H16S/c1-11-5-4-6-14(9-11)16-15-10-12(2)7-8-13(15)3/h4-10H,1-3H3. The maximum atomic E-state index is 2.25. The fraction of sp³-hybridized carbons (Fsp3) is 0.200. The Labute approximate surface area is 102 Å². The average Bonchev–Trinajstić information content (AvgIpc) is 2.24. The van der Waals surface area contributed by atoms with Crippen LogP contribution in [0.4, 0.5) is 0 Å². The third-order valence-corrected chi connectivity index (χ3v) is 3.71. The minimum absolute atomic E-state index is 1.31. The van der Waals surface area contributed by atoms with Crippen molar-refractivity contribution in [1.82, 2.24) is 0 Å². The number of rotatable bonds is 2. The molecule has 0 amide bonds. The van der Waals surface area contributed by atoms with E-state index in [9.17, 15) is 0 Å². The molecule has 0 heterocycles. The van der Waals surface area contributed by atoms with Crippen molar-refractivity contribution >= 4 is 11.8 Å². The first-order valence-corrected chi connectivity index (χ1v) is 6.28. The minimum Gasteiger partial charge on any atom is -0.0898 e. The predicted molar refractivity (Wildman–Crippen MR) is 71.2 cm³/mol. The Hall–Kier alpha value is -1.21. The highest BCUT2D eigenvalue weighted by Crippen LogP contribution is 2.31. The average molecular weight is 228 g/mol. The zero-order valence-electron chi connectivity index (χ0n) is 9.95. The summed E-state index contributed by atoms with van der Waals surface area (Å²) in [4.78, 5) is 2.67. The molecule has 0 saturated carbocycles. The van der Waals surface area contributed by atoms with Crippen molar-refractivity contribution in [2.24, 2.45) is 0 Å². The van der Waals surface area contributed by atoms with Crippen LogP contribution in [-0.4, -0.2) is 0 Å². The van der Waals surface area contributed by atoms with Gasteiger partial charge in [0.25, 0.3) is 0 Å². The zero-order valence-corrected chi connectivity index (χ0v) is 10.8. The van der Waals surface area contributed by atoms with E-state index in [1.165, 1.54) is 26.5 Å². The van der Waals surface area contributed by atoms with E-state index in [1.807, 2.05) is 11.8 Å². The minimum atomic E-state index is 1.31. The lowest BCUT2D eigenvalue weighted by atomic mass is 10.2. The van der Waals surface area contributed by atoms with Gasteiger partial charge in [-0.2, -0.15) is 0 Å². The molecule has 2 rings (SSSR count). The Balaban J connectivity index is 2.30. The van der Waals surface area contributed by atoms with Crippen LogP contribution in [-0.2, 0) is 0 Å². The van der Waals surface area contributed by atoms with Crippen LogP contribution in [0.3, 0.4) is 0 Å². The largest absolute Gasteiger partial charge is 0.0898 e. The highest BCUT2D eigenvalue weighted by molar-refractivity contribution is 7.99. The van der Waals surface area contributed by atoms with E-state index in [0.29, 0.717) is 0 Å². The molecule has 0 aliphatic rings. The Morgan fingerprint density at radius 1 is 0.812 bits per heavy atom. The Kier molecular flexibility index (Phi) is 3.35. The van der Waals surface area contributed by atoms with Crippen LogP contribution in [0.1, 0.15) is 16.7 Å². The lowest BCUT2D eigenvalue weighted by Gasteiger charge is -2.07. The maximum Gasteiger partial charge on any atom is 0.0154 e. The molecule has 0 spiro atoms. The van der Waals surface area contributed by atoms with Crippen LogP contribution in [0.15, 0.2) is 52.3 Å². The van der Waals surface area contributed by atoms with Gasteiger partial charge in [-0.05, 0) is 50.1 Å². The molecule has 0 saturated heterocycles. The number of hydrogen-bond donors (Lipinski definition) is 0. The predicted octanol–water partition coefficient (Wildman–Crippen LogP) is 4.76. The SMILES string of the molecule is Cc1cccc(Sc2cc(C)ccc2C)c1. The quantitative estimate of drug-likeness (QED) is 0.714. The molecule has 0 bridgehead atoms. The molecule has 2 aromatic carbocycles. The summed E-state index contributed by atoms with van der Waals surface area (Å²) in [6, 6.07) is 15.2. The first kappa shape index (κ1) is 11.3. The molecule has 0 aliphatic heterocycles. The lowest BCUT2D eigenvalue weighted by Crippen LogP contribution is -1.82. The maximum absolute atomic E-state index is 2.25. The van der Waals surface area contributed by atoms with Gasteiger partial charge in [0.15, 0.2) is 0 Å². The molecule has 0 unspecified atom stereocenters. The van der Waals surface area contributed by atoms with Crippen LogP contribution < -0.4 is 0 Å². The second-order valence-corrected chi connectivity index (χ2v) is 5.30. The van der Waals surface area contributed by atoms with Gasteiger partial charge in [0.05, 0.1) is 0 Å². The number of aryl methyl sites for hydroxylation is 3. The smallest absolute Gasteiger partial charge is 0.0154 e. The van der Waals surface area contributed by atoms with Gasteiger partial charge in [-0.15, -0.1) is 0 Å². The Morgan fingerprint density at radius 3 is 2.31 bits per heavy atom. The van der Waals surface area contributed by atoms with Gasteiger partial charge in [-0.1, -0.05) is 41.6 Å². The summed E-state index contributed by atoms with van der Waals surface area (Å²) >= 11 is 1.84. The third kappa shape index (κ3) is 2.67. The van der Waals surface area contributed by atoms with Gasteiger partial charge in [-0.3, -0.25) is 0 Å². The van der Waals surface area contributed by atoms with Gasteiger partial charge < -0.3 is 0 Å². The van der Waals surface area contributed by atoms with Crippen molar-refractivity contribution in [3.63, 3.8) is 0 Å².